The minimum absolute atomic E-state index is 0.0745. The van der Waals surface area contributed by atoms with Crippen molar-refractivity contribution >= 4 is 52.6 Å². The van der Waals surface area contributed by atoms with Gasteiger partial charge in [-0.25, -0.2) is 0 Å². The van der Waals surface area contributed by atoms with Crippen LogP contribution in [0.2, 0.25) is 10.0 Å². The van der Waals surface area contributed by atoms with Crippen molar-refractivity contribution < 1.29 is 23.9 Å². The number of hydrazine groups is 1. The maximum Gasteiger partial charge on any atom is 0.311 e. The highest BCUT2D eigenvalue weighted by Gasteiger charge is 2.37. The molecular weight excluding hydrogens is 457 g/mol. The second-order valence-corrected chi connectivity index (χ2v) is 7.98. The smallest absolute Gasteiger partial charge is 0.311 e. The van der Waals surface area contributed by atoms with Crippen molar-refractivity contribution in [2.75, 3.05) is 18.5 Å². The van der Waals surface area contributed by atoms with Crippen LogP contribution >= 0.6 is 23.2 Å². The van der Waals surface area contributed by atoms with E-state index in [1.165, 1.54) is 18.2 Å². The van der Waals surface area contributed by atoms with Gasteiger partial charge in [0.25, 0.3) is 11.8 Å². The molecule has 8 nitrogen and oxygen atoms in total. The van der Waals surface area contributed by atoms with E-state index in [0.29, 0.717) is 10.7 Å². The van der Waals surface area contributed by atoms with Gasteiger partial charge in [0, 0.05) is 17.1 Å². The summed E-state index contributed by atoms with van der Waals surface area (Å²) in [5.41, 5.74) is 4.18. The number of ether oxygens (including phenoxy) is 1. The molecule has 1 saturated heterocycles. The lowest BCUT2D eigenvalue weighted by Crippen LogP contribution is -2.43. The number of amides is 3. The molecule has 0 aromatic heterocycles. The minimum Gasteiger partial charge on any atom is -0.455 e. The average Bonchev–Trinajstić information content (AvgIpc) is 3.12. The van der Waals surface area contributed by atoms with E-state index >= 15 is 0 Å². The van der Waals surface area contributed by atoms with Crippen molar-refractivity contribution in [3.8, 4) is 0 Å². The molecular formula is C22H21Cl2N3O5. The zero-order valence-corrected chi connectivity index (χ0v) is 18.7. The second kappa shape index (κ2) is 10.5. The highest BCUT2D eigenvalue weighted by Crippen LogP contribution is 2.22. The topological polar surface area (TPSA) is 105 Å². The Balaban J connectivity index is 1.51. The molecule has 0 aliphatic carbocycles. The summed E-state index contributed by atoms with van der Waals surface area (Å²) in [6.45, 7) is 1.41. The van der Waals surface area contributed by atoms with E-state index in [1.54, 1.807) is 12.1 Å². The third kappa shape index (κ3) is 5.77. The summed E-state index contributed by atoms with van der Waals surface area (Å²) in [5, 5.41) is 4.25. The maximum atomic E-state index is 12.4. The quantitative estimate of drug-likeness (QED) is 0.595. The van der Waals surface area contributed by atoms with Gasteiger partial charge in [0.1, 0.15) is 0 Å². The van der Waals surface area contributed by atoms with E-state index in [1.807, 2.05) is 19.1 Å². The largest absolute Gasteiger partial charge is 0.455 e. The van der Waals surface area contributed by atoms with Crippen LogP contribution < -0.4 is 10.7 Å². The van der Waals surface area contributed by atoms with Crippen LogP contribution in [0.1, 0.15) is 29.3 Å². The molecule has 1 aliphatic heterocycles. The van der Waals surface area contributed by atoms with Gasteiger partial charge in [-0.2, -0.15) is 0 Å². The monoisotopic (exact) mass is 477 g/mol. The molecule has 2 aromatic carbocycles. The number of nitrogens with zero attached hydrogens (tertiary/aromatic N) is 1. The Kier molecular flexibility index (Phi) is 7.71. The van der Waals surface area contributed by atoms with Crippen LogP contribution in [0.4, 0.5) is 5.69 Å². The molecule has 3 rings (SSSR count). The summed E-state index contributed by atoms with van der Waals surface area (Å²) >= 11 is 11.8. The van der Waals surface area contributed by atoms with Gasteiger partial charge >= 0.3 is 5.97 Å². The van der Waals surface area contributed by atoms with E-state index < -0.39 is 36.2 Å². The number of carbonyl (C=O) groups excluding carboxylic acids is 4. The van der Waals surface area contributed by atoms with Gasteiger partial charge in [-0.1, -0.05) is 48.3 Å². The van der Waals surface area contributed by atoms with Crippen LogP contribution in [0.5, 0.6) is 0 Å². The third-order valence-electron chi connectivity index (χ3n) is 4.89. The number of esters is 1. The fourth-order valence-electron chi connectivity index (χ4n) is 3.22. The number of rotatable bonds is 7. The van der Waals surface area contributed by atoms with Crippen molar-refractivity contribution in [3.63, 3.8) is 0 Å². The molecule has 0 saturated carbocycles. The number of anilines is 1. The van der Waals surface area contributed by atoms with Crippen LogP contribution in [-0.4, -0.2) is 41.9 Å². The normalized spacial score (nSPS) is 15.4. The molecule has 2 aromatic rings. The van der Waals surface area contributed by atoms with E-state index in [0.717, 1.165) is 17.0 Å². The summed E-state index contributed by atoms with van der Waals surface area (Å²) in [6, 6.07) is 11.7. The predicted molar refractivity (Wildman–Crippen MR) is 119 cm³/mol. The first-order chi connectivity index (χ1) is 15.3. The third-order valence-corrected chi connectivity index (χ3v) is 5.44. The van der Waals surface area contributed by atoms with Crippen molar-refractivity contribution in [3.05, 3.63) is 63.6 Å². The molecule has 10 heteroatoms. The van der Waals surface area contributed by atoms with Crippen LogP contribution in [0, 0.1) is 5.92 Å². The fourth-order valence-corrected chi connectivity index (χ4v) is 3.72. The predicted octanol–water partition coefficient (Wildman–Crippen LogP) is 3.23. The second-order valence-electron chi connectivity index (χ2n) is 7.14. The SMILES string of the molecule is CCc1ccccc1NC(=O)COC(=O)[C@@H]1CC(=O)N(NC(=O)c2ccc(Cl)cc2Cl)C1. The fraction of sp³-hybridized carbons (Fsp3) is 0.273. The van der Waals surface area contributed by atoms with Crippen LogP contribution in [0.25, 0.3) is 0 Å². The molecule has 1 atom stereocenters. The van der Waals surface area contributed by atoms with Crippen LogP contribution in [0.3, 0.4) is 0 Å². The Bertz CT molecular complexity index is 1060. The lowest BCUT2D eigenvalue weighted by molar-refractivity contribution is -0.151. The summed E-state index contributed by atoms with van der Waals surface area (Å²) in [7, 11) is 0. The summed E-state index contributed by atoms with van der Waals surface area (Å²) in [4.78, 5) is 49.1. The summed E-state index contributed by atoms with van der Waals surface area (Å²) < 4.78 is 5.07. The van der Waals surface area contributed by atoms with Crippen LogP contribution in [0.15, 0.2) is 42.5 Å². The highest BCUT2D eigenvalue weighted by atomic mass is 35.5. The Morgan fingerprint density at radius 3 is 2.62 bits per heavy atom. The Hall–Kier alpha value is -3.10. The van der Waals surface area contributed by atoms with Gasteiger partial charge in [0.2, 0.25) is 5.91 Å². The molecule has 1 aliphatic rings. The van der Waals surface area contributed by atoms with E-state index in [4.69, 9.17) is 27.9 Å². The summed E-state index contributed by atoms with van der Waals surface area (Å²) in [6.07, 6.45) is 0.594. The molecule has 1 heterocycles. The number of benzene rings is 2. The van der Waals surface area contributed by atoms with E-state index in [2.05, 4.69) is 10.7 Å². The number of carbonyl (C=O) groups is 4. The van der Waals surface area contributed by atoms with Gasteiger partial charge < -0.3 is 10.1 Å². The number of halogens is 2. The number of aryl methyl sites for hydroxylation is 1. The maximum absolute atomic E-state index is 12.4. The average molecular weight is 478 g/mol. The van der Waals surface area contributed by atoms with E-state index in [-0.39, 0.29) is 23.6 Å². The zero-order valence-electron chi connectivity index (χ0n) is 17.2. The first-order valence-electron chi connectivity index (χ1n) is 9.89. The molecule has 0 spiro atoms. The number of hydrogen-bond donors (Lipinski definition) is 2. The van der Waals surface area contributed by atoms with Crippen molar-refractivity contribution in [1.29, 1.82) is 0 Å². The molecule has 0 bridgehead atoms. The van der Waals surface area contributed by atoms with Gasteiger partial charge in [-0.05, 0) is 36.2 Å². The number of para-hydroxylation sites is 1. The Morgan fingerprint density at radius 1 is 1.16 bits per heavy atom. The van der Waals surface area contributed by atoms with Crippen molar-refractivity contribution in [2.45, 2.75) is 19.8 Å². The Morgan fingerprint density at radius 2 is 1.91 bits per heavy atom. The van der Waals surface area contributed by atoms with Gasteiger partial charge in [0.15, 0.2) is 6.61 Å². The van der Waals surface area contributed by atoms with E-state index in [9.17, 15) is 19.2 Å². The molecule has 2 N–H and O–H groups in total. The Labute approximate surface area is 194 Å². The van der Waals surface area contributed by atoms with Crippen LogP contribution in [-0.2, 0) is 25.5 Å². The molecule has 0 radical (unpaired) electrons. The van der Waals surface area contributed by atoms with Crippen molar-refractivity contribution in [1.82, 2.24) is 10.4 Å². The number of nitrogens with one attached hydrogen (secondary N) is 2. The lowest BCUT2D eigenvalue weighted by Gasteiger charge is -2.18. The summed E-state index contributed by atoms with van der Waals surface area (Å²) in [5.74, 6) is -3.04. The number of hydrogen-bond acceptors (Lipinski definition) is 5. The standard InChI is InChI=1S/C22H21Cl2N3O5/c1-2-13-5-3-4-6-18(13)25-19(28)12-32-22(31)14-9-20(29)27(11-14)26-21(30)16-8-7-15(23)10-17(16)24/h3-8,10,14H,2,9,11-12H2,1H3,(H,25,28)(H,26,30)/t14-/m1/s1. The van der Waals surface area contributed by atoms with Crippen molar-refractivity contribution in [2.24, 2.45) is 5.92 Å². The van der Waals surface area contributed by atoms with Gasteiger partial charge in [-0.3, -0.25) is 29.6 Å². The molecule has 32 heavy (non-hydrogen) atoms. The molecule has 168 valence electrons. The first kappa shape index (κ1) is 23.6. The molecule has 1 fully saturated rings. The van der Waals surface area contributed by atoms with Gasteiger partial charge in [0.05, 0.1) is 23.0 Å². The lowest BCUT2D eigenvalue weighted by atomic mass is 10.1. The van der Waals surface area contributed by atoms with Gasteiger partial charge in [-0.15, -0.1) is 0 Å². The first-order valence-corrected chi connectivity index (χ1v) is 10.6. The zero-order chi connectivity index (χ0) is 23.3. The molecule has 3 amide bonds. The highest BCUT2D eigenvalue weighted by molar-refractivity contribution is 6.36. The molecule has 0 unspecified atom stereocenters. The minimum atomic E-state index is -0.806.